The monoisotopic (exact) mass is 289 g/mol. The van der Waals surface area contributed by atoms with Crippen LogP contribution >= 0.6 is 0 Å². The highest BCUT2D eigenvalue weighted by Crippen LogP contribution is 2.41. The molecule has 0 radical (unpaired) electrons. The van der Waals surface area contributed by atoms with E-state index in [1.54, 1.807) is 12.1 Å². The molecule has 0 saturated carbocycles. The zero-order valence-electron chi connectivity index (χ0n) is 11.9. The number of aryl methyl sites for hydroxylation is 1. The third-order valence-electron chi connectivity index (χ3n) is 3.27. The number of cyclic esters (lactones) is 1. The lowest BCUT2D eigenvalue weighted by atomic mass is 10.1. The average Bonchev–Trinajstić information content (AvgIpc) is 3.02. The molecule has 1 aromatic heterocycles. The number of nitrogens with one attached hydrogen (secondary N) is 2. The smallest absolute Gasteiger partial charge is 0.344 e. The lowest BCUT2D eigenvalue weighted by Crippen LogP contribution is -2.10. The molecule has 0 amide bonds. The van der Waals surface area contributed by atoms with Crippen LogP contribution in [0.4, 0.5) is 5.82 Å². The number of esters is 1. The molecule has 0 fully saturated rings. The summed E-state index contributed by atoms with van der Waals surface area (Å²) in [4.78, 5) is 12.1. The molecule has 7 heteroatoms. The minimum atomic E-state index is -0.602. The predicted molar refractivity (Wildman–Crippen MR) is 74.6 cm³/mol. The molecule has 2 aromatic rings. The Labute approximate surface area is 121 Å². The fraction of sp³-hybridized carbons (Fsp3) is 0.286. The molecule has 2 heterocycles. The highest BCUT2D eigenvalue weighted by Gasteiger charge is 2.36. The number of aromatic amines is 1. The van der Waals surface area contributed by atoms with Crippen molar-refractivity contribution in [2.45, 2.75) is 13.2 Å². The van der Waals surface area contributed by atoms with Crippen LogP contribution in [0.15, 0.2) is 18.2 Å². The van der Waals surface area contributed by atoms with Gasteiger partial charge in [0.25, 0.3) is 0 Å². The second-order valence-electron chi connectivity index (χ2n) is 4.63. The standard InChI is InChI=1S/C14H15N3O4/c1-7-6-10(17-16-7)15-13-8-4-5-9(19-2)12(20-3)11(8)14(18)21-13/h4-6,13H,1-3H3,(H2,15,16,17). The first-order chi connectivity index (χ1) is 10.1. The number of benzene rings is 1. The maximum atomic E-state index is 12.1. The van der Waals surface area contributed by atoms with Gasteiger partial charge >= 0.3 is 5.97 Å². The van der Waals surface area contributed by atoms with Gasteiger partial charge in [0, 0.05) is 17.3 Å². The van der Waals surface area contributed by atoms with Crippen molar-refractivity contribution in [3.8, 4) is 11.5 Å². The van der Waals surface area contributed by atoms with Crippen LogP contribution in [0.2, 0.25) is 0 Å². The number of ether oxygens (including phenoxy) is 3. The number of hydrogen-bond donors (Lipinski definition) is 2. The summed E-state index contributed by atoms with van der Waals surface area (Å²) in [5.41, 5.74) is 1.98. The van der Waals surface area contributed by atoms with Gasteiger partial charge in [-0.2, -0.15) is 5.10 Å². The Balaban J connectivity index is 1.98. The SMILES string of the molecule is COc1ccc2c(c1OC)C(=O)OC2Nc1cc(C)[nH]n1. The van der Waals surface area contributed by atoms with Crippen LogP contribution < -0.4 is 14.8 Å². The van der Waals surface area contributed by atoms with Crippen molar-refractivity contribution in [1.29, 1.82) is 0 Å². The second-order valence-corrected chi connectivity index (χ2v) is 4.63. The van der Waals surface area contributed by atoms with E-state index in [1.165, 1.54) is 14.2 Å². The van der Waals surface area contributed by atoms with Gasteiger partial charge in [-0.1, -0.05) is 0 Å². The van der Waals surface area contributed by atoms with Crippen LogP contribution in [0, 0.1) is 6.92 Å². The number of fused-ring (bicyclic) bond motifs is 1. The van der Waals surface area contributed by atoms with Gasteiger partial charge in [0.2, 0.25) is 6.23 Å². The number of anilines is 1. The maximum Gasteiger partial charge on any atom is 0.344 e. The fourth-order valence-electron chi connectivity index (χ4n) is 2.33. The fourth-order valence-corrected chi connectivity index (χ4v) is 2.33. The summed E-state index contributed by atoms with van der Waals surface area (Å²) in [6, 6.07) is 5.34. The molecule has 7 nitrogen and oxygen atoms in total. The van der Waals surface area contributed by atoms with Crippen molar-refractivity contribution < 1.29 is 19.0 Å². The molecule has 0 bridgehead atoms. The van der Waals surface area contributed by atoms with Crippen molar-refractivity contribution >= 4 is 11.8 Å². The Bertz CT molecular complexity index is 696. The molecule has 0 spiro atoms. The molecular formula is C14H15N3O4. The van der Waals surface area contributed by atoms with E-state index < -0.39 is 12.2 Å². The van der Waals surface area contributed by atoms with Gasteiger partial charge in [0.05, 0.1) is 14.2 Å². The van der Waals surface area contributed by atoms with Gasteiger partial charge < -0.3 is 19.5 Å². The molecule has 1 aliphatic rings. The largest absolute Gasteiger partial charge is 0.493 e. The number of methoxy groups -OCH3 is 2. The summed E-state index contributed by atoms with van der Waals surface area (Å²) in [6.07, 6.45) is -0.602. The Morgan fingerprint density at radius 3 is 2.76 bits per heavy atom. The lowest BCUT2D eigenvalue weighted by molar-refractivity contribution is 0.0434. The number of H-pyrrole nitrogens is 1. The van der Waals surface area contributed by atoms with Crippen LogP contribution in [0.25, 0.3) is 0 Å². The van der Waals surface area contributed by atoms with E-state index >= 15 is 0 Å². The molecule has 0 aliphatic carbocycles. The third-order valence-corrected chi connectivity index (χ3v) is 3.27. The minimum Gasteiger partial charge on any atom is -0.493 e. The van der Waals surface area contributed by atoms with E-state index in [-0.39, 0.29) is 0 Å². The van der Waals surface area contributed by atoms with Gasteiger partial charge in [-0.05, 0) is 19.1 Å². The molecular weight excluding hydrogens is 274 g/mol. The van der Waals surface area contributed by atoms with Crippen molar-refractivity contribution in [2.75, 3.05) is 19.5 Å². The predicted octanol–water partition coefficient (Wildman–Crippen LogP) is 2.02. The highest BCUT2D eigenvalue weighted by atomic mass is 16.6. The van der Waals surface area contributed by atoms with Crippen LogP contribution in [0.3, 0.4) is 0 Å². The molecule has 0 saturated heterocycles. The highest BCUT2D eigenvalue weighted by molar-refractivity contribution is 5.98. The number of nitrogens with zero attached hydrogens (tertiary/aromatic N) is 1. The molecule has 3 rings (SSSR count). The van der Waals surface area contributed by atoms with Gasteiger partial charge in [-0.3, -0.25) is 5.10 Å². The molecule has 110 valence electrons. The van der Waals surface area contributed by atoms with Crippen molar-refractivity contribution in [3.63, 3.8) is 0 Å². The number of aromatic nitrogens is 2. The summed E-state index contributed by atoms with van der Waals surface area (Å²) in [7, 11) is 3.01. The molecule has 1 aromatic carbocycles. The zero-order valence-corrected chi connectivity index (χ0v) is 11.9. The van der Waals surface area contributed by atoms with Crippen LogP contribution in [-0.4, -0.2) is 30.4 Å². The number of carbonyl (C=O) groups is 1. The van der Waals surface area contributed by atoms with Crippen molar-refractivity contribution in [1.82, 2.24) is 10.2 Å². The minimum absolute atomic E-state index is 0.376. The van der Waals surface area contributed by atoms with E-state index in [0.29, 0.717) is 28.4 Å². The maximum absolute atomic E-state index is 12.1. The summed E-state index contributed by atoms with van der Waals surface area (Å²) in [6.45, 7) is 1.89. The second kappa shape index (κ2) is 5.01. The summed E-state index contributed by atoms with van der Waals surface area (Å²) in [5.74, 6) is 1.02. The van der Waals surface area contributed by atoms with Crippen LogP contribution in [0.1, 0.15) is 27.8 Å². The summed E-state index contributed by atoms with van der Waals surface area (Å²) >= 11 is 0. The zero-order chi connectivity index (χ0) is 15.0. The van der Waals surface area contributed by atoms with E-state index in [2.05, 4.69) is 15.5 Å². The molecule has 21 heavy (non-hydrogen) atoms. The Morgan fingerprint density at radius 2 is 2.14 bits per heavy atom. The van der Waals surface area contributed by atoms with E-state index in [0.717, 1.165) is 5.69 Å². The van der Waals surface area contributed by atoms with Gasteiger partial charge in [-0.15, -0.1) is 0 Å². The quantitative estimate of drug-likeness (QED) is 0.837. The Kier molecular flexibility index (Phi) is 3.17. The Morgan fingerprint density at radius 1 is 1.33 bits per heavy atom. The first-order valence-corrected chi connectivity index (χ1v) is 6.38. The normalized spacial score (nSPS) is 16.3. The first-order valence-electron chi connectivity index (χ1n) is 6.38. The van der Waals surface area contributed by atoms with Gasteiger partial charge in [0.1, 0.15) is 5.56 Å². The van der Waals surface area contributed by atoms with Crippen LogP contribution in [0.5, 0.6) is 11.5 Å². The number of rotatable bonds is 4. The third kappa shape index (κ3) is 2.16. The topological polar surface area (TPSA) is 85.5 Å². The lowest BCUT2D eigenvalue weighted by Gasteiger charge is -2.13. The number of hydrogen-bond acceptors (Lipinski definition) is 6. The molecule has 1 atom stereocenters. The Hall–Kier alpha value is -2.70. The van der Waals surface area contributed by atoms with Crippen molar-refractivity contribution in [3.05, 3.63) is 35.0 Å². The molecule has 2 N–H and O–H groups in total. The van der Waals surface area contributed by atoms with E-state index in [4.69, 9.17) is 14.2 Å². The first kappa shape index (κ1) is 13.3. The molecule has 1 unspecified atom stereocenters. The van der Waals surface area contributed by atoms with E-state index in [1.807, 2.05) is 13.0 Å². The van der Waals surface area contributed by atoms with Gasteiger partial charge in [0.15, 0.2) is 17.3 Å². The molecule has 1 aliphatic heterocycles. The average molecular weight is 289 g/mol. The summed E-state index contributed by atoms with van der Waals surface area (Å²) < 4.78 is 15.8. The van der Waals surface area contributed by atoms with E-state index in [9.17, 15) is 4.79 Å². The van der Waals surface area contributed by atoms with Gasteiger partial charge in [-0.25, -0.2) is 4.79 Å². The summed E-state index contributed by atoms with van der Waals surface area (Å²) in [5, 5.41) is 9.95. The van der Waals surface area contributed by atoms with Crippen molar-refractivity contribution in [2.24, 2.45) is 0 Å². The number of carbonyl (C=O) groups excluding carboxylic acids is 1. The van der Waals surface area contributed by atoms with Crippen LogP contribution in [-0.2, 0) is 4.74 Å².